The first-order valence-corrected chi connectivity index (χ1v) is 8.63. The summed E-state index contributed by atoms with van der Waals surface area (Å²) in [6, 6.07) is 11.1. The van der Waals surface area contributed by atoms with Gasteiger partial charge in [0.15, 0.2) is 5.76 Å². The molecule has 0 unspecified atom stereocenters. The van der Waals surface area contributed by atoms with Gasteiger partial charge in [0.2, 0.25) is 0 Å². The number of carbonyl (C=O) groups excluding carboxylic acids is 1. The Hall–Kier alpha value is -1.79. The van der Waals surface area contributed by atoms with Gasteiger partial charge < -0.3 is 18.8 Å². The minimum Gasteiger partial charge on any atom is -0.486 e. The summed E-state index contributed by atoms with van der Waals surface area (Å²) in [6.07, 6.45) is 0. The topological polar surface area (TPSA) is 51.9 Å². The van der Waals surface area contributed by atoms with Gasteiger partial charge in [0, 0.05) is 17.6 Å². The average molecular weight is 394 g/mol. The molecule has 0 atom stereocenters. The average Bonchev–Trinajstić information content (AvgIpc) is 3.00. The number of ether oxygens (including phenoxy) is 2. The van der Waals surface area contributed by atoms with E-state index in [1.54, 1.807) is 17.0 Å². The number of nitrogens with zero attached hydrogens (tertiary/aromatic N) is 1. The van der Waals surface area contributed by atoms with Gasteiger partial charge in [-0.15, -0.1) is 0 Å². The molecule has 0 spiro atoms. The lowest BCUT2D eigenvalue weighted by molar-refractivity contribution is -0.0769. The summed E-state index contributed by atoms with van der Waals surface area (Å²) in [7, 11) is 0. The van der Waals surface area contributed by atoms with E-state index in [-0.39, 0.29) is 18.1 Å². The first kappa shape index (κ1) is 17.0. The molecule has 24 heavy (non-hydrogen) atoms. The van der Waals surface area contributed by atoms with Gasteiger partial charge in [-0.25, -0.2) is 0 Å². The van der Waals surface area contributed by atoms with Crippen molar-refractivity contribution in [3.05, 3.63) is 52.4 Å². The first-order chi connectivity index (χ1) is 11.4. The van der Waals surface area contributed by atoms with E-state index in [1.807, 2.05) is 38.1 Å². The molecule has 1 aromatic carbocycles. The standard InChI is InChI=1S/C18H20BrNO4/c1-18(2)12-20(8-9-23-18)17(21)16-7-6-15(24-16)11-22-14-5-3-4-13(19)10-14/h3-7,10H,8-9,11-12H2,1-2H3. The zero-order chi connectivity index (χ0) is 17.2. The monoisotopic (exact) mass is 393 g/mol. The molecule has 0 bridgehead atoms. The molecule has 2 aromatic rings. The van der Waals surface area contributed by atoms with Crippen molar-refractivity contribution in [2.75, 3.05) is 19.7 Å². The van der Waals surface area contributed by atoms with Crippen molar-refractivity contribution in [1.29, 1.82) is 0 Å². The van der Waals surface area contributed by atoms with Gasteiger partial charge in [0.1, 0.15) is 18.1 Å². The van der Waals surface area contributed by atoms with E-state index in [0.29, 0.717) is 31.2 Å². The summed E-state index contributed by atoms with van der Waals surface area (Å²) in [5.74, 6) is 1.58. The van der Waals surface area contributed by atoms with Crippen molar-refractivity contribution in [3.8, 4) is 5.75 Å². The van der Waals surface area contributed by atoms with E-state index in [9.17, 15) is 4.79 Å². The molecule has 1 aliphatic rings. The number of benzene rings is 1. The third kappa shape index (κ3) is 4.19. The highest BCUT2D eigenvalue weighted by molar-refractivity contribution is 9.10. The smallest absolute Gasteiger partial charge is 0.289 e. The van der Waals surface area contributed by atoms with Crippen molar-refractivity contribution >= 4 is 21.8 Å². The predicted octanol–water partition coefficient (Wildman–Crippen LogP) is 3.87. The van der Waals surface area contributed by atoms with Gasteiger partial charge in [-0.05, 0) is 44.2 Å². The minimum absolute atomic E-state index is 0.111. The van der Waals surface area contributed by atoms with Crippen molar-refractivity contribution < 1.29 is 18.7 Å². The van der Waals surface area contributed by atoms with E-state index in [2.05, 4.69) is 15.9 Å². The molecule has 0 radical (unpaired) electrons. The Morgan fingerprint density at radius 3 is 2.92 bits per heavy atom. The maximum atomic E-state index is 12.5. The quantitative estimate of drug-likeness (QED) is 0.790. The number of furan rings is 1. The van der Waals surface area contributed by atoms with E-state index in [0.717, 1.165) is 10.2 Å². The van der Waals surface area contributed by atoms with Gasteiger partial charge in [-0.1, -0.05) is 22.0 Å². The predicted molar refractivity (Wildman–Crippen MR) is 93.1 cm³/mol. The van der Waals surface area contributed by atoms with E-state index in [4.69, 9.17) is 13.9 Å². The summed E-state index contributed by atoms with van der Waals surface area (Å²) < 4.78 is 17.9. The van der Waals surface area contributed by atoms with Gasteiger partial charge >= 0.3 is 0 Å². The molecule has 0 N–H and O–H groups in total. The van der Waals surface area contributed by atoms with Crippen LogP contribution in [0.15, 0.2) is 45.3 Å². The zero-order valence-corrected chi connectivity index (χ0v) is 15.3. The molecule has 2 heterocycles. The Kier molecular flexibility index (Phi) is 4.96. The third-order valence-electron chi connectivity index (χ3n) is 3.76. The Morgan fingerprint density at radius 2 is 2.17 bits per heavy atom. The van der Waals surface area contributed by atoms with Crippen LogP contribution in [0.3, 0.4) is 0 Å². The first-order valence-electron chi connectivity index (χ1n) is 7.83. The molecule has 1 saturated heterocycles. The molecule has 5 nitrogen and oxygen atoms in total. The molecular formula is C18H20BrNO4. The number of hydrogen-bond donors (Lipinski definition) is 0. The summed E-state index contributed by atoms with van der Waals surface area (Å²) in [5, 5.41) is 0. The van der Waals surface area contributed by atoms with Gasteiger partial charge in [0.25, 0.3) is 5.91 Å². The molecule has 1 aromatic heterocycles. The fourth-order valence-corrected chi connectivity index (χ4v) is 3.01. The van der Waals surface area contributed by atoms with Crippen LogP contribution >= 0.6 is 15.9 Å². The molecule has 1 fully saturated rings. The Bertz CT molecular complexity index is 725. The SMILES string of the molecule is CC1(C)CN(C(=O)c2ccc(COc3cccc(Br)c3)o2)CCO1. The fraction of sp³-hybridized carbons (Fsp3) is 0.389. The summed E-state index contributed by atoms with van der Waals surface area (Å²) >= 11 is 3.40. The van der Waals surface area contributed by atoms with Crippen LogP contribution in [-0.4, -0.2) is 36.1 Å². The van der Waals surface area contributed by atoms with Crippen LogP contribution in [0.4, 0.5) is 0 Å². The van der Waals surface area contributed by atoms with Gasteiger partial charge in [0.05, 0.1) is 12.2 Å². The van der Waals surface area contributed by atoms with Crippen LogP contribution in [0.2, 0.25) is 0 Å². The lowest BCUT2D eigenvalue weighted by Crippen LogP contribution is -2.50. The van der Waals surface area contributed by atoms with Crippen LogP contribution in [0.25, 0.3) is 0 Å². The summed E-state index contributed by atoms with van der Waals surface area (Å²) in [6.45, 7) is 5.90. The highest BCUT2D eigenvalue weighted by Gasteiger charge is 2.31. The van der Waals surface area contributed by atoms with Crippen LogP contribution in [-0.2, 0) is 11.3 Å². The third-order valence-corrected chi connectivity index (χ3v) is 4.26. The molecule has 1 aliphatic heterocycles. The van der Waals surface area contributed by atoms with Crippen LogP contribution in [0.5, 0.6) is 5.75 Å². The number of hydrogen-bond acceptors (Lipinski definition) is 4. The second kappa shape index (κ2) is 6.99. The molecule has 0 saturated carbocycles. The maximum absolute atomic E-state index is 12.5. The zero-order valence-electron chi connectivity index (χ0n) is 13.8. The molecule has 6 heteroatoms. The Balaban J connectivity index is 1.61. The van der Waals surface area contributed by atoms with Crippen molar-refractivity contribution in [2.45, 2.75) is 26.1 Å². The minimum atomic E-state index is -0.326. The van der Waals surface area contributed by atoms with E-state index in [1.165, 1.54) is 0 Å². The number of morpholine rings is 1. The van der Waals surface area contributed by atoms with Gasteiger partial charge in [-0.3, -0.25) is 4.79 Å². The largest absolute Gasteiger partial charge is 0.486 e. The lowest BCUT2D eigenvalue weighted by Gasteiger charge is -2.37. The normalized spacial score (nSPS) is 16.9. The molecule has 0 aliphatic carbocycles. The molecular weight excluding hydrogens is 374 g/mol. The number of rotatable bonds is 4. The molecule has 1 amide bonds. The van der Waals surface area contributed by atoms with Crippen molar-refractivity contribution in [2.24, 2.45) is 0 Å². The second-order valence-corrected chi connectivity index (χ2v) is 7.26. The second-order valence-electron chi connectivity index (χ2n) is 6.35. The lowest BCUT2D eigenvalue weighted by atomic mass is 10.1. The van der Waals surface area contributed by atoms with Crippen molar-refractivity contribution in [3.63, 3.8) is 0 Å². The Labute approximate surface area is 149 Å². The van der Waals surface area contributed by atoms with Gasteiger partial charge in [-0.2, -0.15) is 0 Å². The summed E-state index contributed by atoms with van der Waals surface area (Å²) in [4.78, 5) is 14.3. The van der Waals surface area contributed by atoms with Crippen molar-refractivity contribution in [1.82, 2.24) is 4.90 Å². The van der Waals surface area contributed by atoms with Crippen LogP contribution < -0.4 is 4.74 Å². The number of carbonyl (C=O) groups is 1. The number of halogens is 1. The highest BCUT2D eigenvalue weighted by atomic mass is 79.9. The van der Waals surface area contributed by atoms with Crippen LogP contribution in [0.1, 0.15) is 30.2 Å². The van der Waals surface area contributed by atoms with E-state index >= 15 is 0 Å². The van der Waals surface area contributed by atoms with E-state index < -0.39 is 0 Å². The summed E-state index contributed by atoms with van der Waals surface area (Å²) in [5.41, 5.74) is -0.326. The fourth-order valence-electron chi connectivity index (χ4n) is 2.63. The Morgan fingerprint density at radius 1 is 1.33 bits per heavy atom. The molecule has 128 valence electrons. The highest BCUT2D eigenvalue weighted by Crippen LogP contribution is 2.21. The number of amides is 1. The molecule has 3 rings (SSSR count). The van der Waals surface area contributed by atoms with Crippen LogP contribution in [0, 0.1) is 0 Å². The maximum Gasteiger partial charge on any atom is 0.289 e.